The normalized spacial score (nSPS) is 10.8. The van der Waals surface area contributed by atoms with Gasteiger partial charge in [0.25, 0.3) is 5.91 Å². The van der Waals surface area contributed by atoms with Gasteiger partial charge >= 0.3 is 0 Å². The second-order valence-electron chi connectivity index (χ2n) is 4.65. The quantitative estimate of drug-likeness (QED) is 0.884. The van der Waals surface area contributed by atoms with Crippen molar-refractivity contribution in [1.29, 1.82) is 5.26 Å². The number of hydrogen-bond donors (Lipinski definition) is 1. The lowest BCUT2D eigenvalue weighted by atomic mass is 9.94. The van der Waals surface area contributed by atoms with Crippen LogP contribution in [0.25, 0.3) is 0 Å². The third kappa shape index (κ3) is 2.89. The van der Waals surface area contributed by atoms with Crippen LogP contribution in [0.1, 0.15) is 48.2 Å². The zero-order chi connectivity index (χ0) is 13.8. The molecule has 3 nitrogen and oxygen atoms in total. The summed E-state index contributed by atoms with van der Waals surface area (Å²) in [6.07, 6.45) is 1.22. The van der Waals surface area contributed by atoms with Crippen LogP contribution >= 0.6 is 0 Å². The standard InChI is InChI=1S/C15H20N2O/c1-5-15(6-2,10-16)17-14(18)13-8-7-11(3)12(4)9-13/h7-9H,5-6H2,1-4H3,(H,17,18). The second kappa shape index (κ2) is 5.68. The van der Waals surface area contributed by atoms with E-state index in [1.165, 1.54) is 0 Å². The van der Waals surface area contributed by atoms with E-state index in [0.29, 0.717) is 18.4 Å². The minimum atomic E-state index is -0.754. The lowest BCUT2D eigenvalue weighted by molar-refractivity contribution is 0.0915. The molecule has 0 saturated carbocycles. The zero-order valence-electron chi connectivity index (χ0n) is 11.5. The molecular weight excluding hydrogens is 224 g/mol. The molecule has 96 valence electrons. The summed E-state index contributed by atoms with van der Waals surface area (Å²) in [6, 6.07) is 7.79. The number of rotatable bonds is 4. The highest BCUT2D eigenvalue weighted by molar-refractivity contribution is 5.95. The summed E-state index contributed by atoms with van der Waals surface area (Å²) in [5, 5.41) is 12.0. The largest absolute Gasteiger partial charge is 0.334 e. The molecule has 0 fully saturated rings. The van der Waals surface area contributed by atoms with Crippen molar-refractivity contribution in [3.63, 3.8) is 0 Å². The van der Waals surface area contributed by atoms with E-state index in [9.17, 15) is 10.1 Å². The van der Waals surface area contributed by atoms with Gasteiger partial charge in [0, 0.05) is 5.56 Å². The molecule has 0 atom stereocenters. The molecule has 3 heteroatoms. The van der Waals surface area contributed by atoms with Crippen molar-refractivity contribution in [3.8, 4) is 6.07 Å². The molecule has 1 aromatic rings. The van der Waals surface area contributed by atoms with Crippen molar-refractivity contribution in [3.05, 3.63) is 34.9 Å². The number of hydrogen-bond acceptors (Lipinski definition) is 2. The Labute approximate surface area is 109 Å². The van der Waals surface area contributed by atoms with Crippen LogP contribution in [-0.4, -0.2) is 11.4 Å². The maximum atomic E-state index is 12.1. The van der Waals surface area contributed by atoms with Gasteiger partial charge in [0.1, 0.15) is 5.54 Å². The third-order valence-electron chi connectivity index (χ3n) is 3.54. The molecule has 0 bridgehead atoms. The van der Waals surface area contributed by atoms with Crippen molar-refractivity contribution in [2.45, 2.75) is 46.1 Å². The number of carbonyl (C=O) groups excluding carboxylic acids is 1. The average Bonchev–Trinajstić information content (AvgIpc) is 2.39. The Morgan fingerprint density at radius 3 is 2.33 bits per heavy atom. The monoisotopic (exact) mass is 244 g/mol. The highest BCUT2D eigenvalue weighted by Crippen LogP contribution is 2.16. The van der Waals surface area contributed by atoms with Crippen molar-refractivity contribution >= 4 is 5.91 Å². The molecule has 18 heavy (non-hydrogen) atoms. The number of amides is 1. The van der Waals surface area contributed by atoms with E-state index in [0.717, 1.165) is 11.1 Å². The van der Waals surface area contributed by atoms with Crippen LogP contribution in [0.15, 0.2) is 18.2 Å². The number of benzene rings is 1. The Hall–Kier alpha value is -1.82. The summed E-state index contributed by atoms with van der Waals surface area (Å²) < 4.78 is 0. The predicted molar refractivity (Wildman–Crippen MR) is 72.3 cm³/mol. The molecule has 0 aliphatic carbocycles. The SMILES string of the molecule is CCC(C#N)(CC)NC(=O)c1ccc(C)c(C)c1. The minimum absolute atomic E-state index is 0.177. The first-order chi connectivity index (χ1) is 8.48. The first-order valence-electron chi connectivity index (χ1n) is 6.29. The van der Waals surface area contributed by atoms with E-state index < -0.39 is 5.54 Å². The van der Waals surface area contributed by atoms with Gasteiger partial charge in [0.15, 0.2) is 0 Å². The third-order valence-corrected chi connectivity index (χ3v) is 3.54. The number of aryl methyl sites for hydroxylation is 2. The van der Waals surface area contributed by atoms with E-state index in [2.05, 4.69) is 11.4 Å². The molecule has 0 heterocycles. The molecule has 1 amide bonds. The lowest BCUT2D eigenvalue weighted by Crippen LogP contribution is -2.46. The molecule has 1 aromatic carbocycles. The van der Waals surface area contributed by atoms with Crippen LogP contribution in [0.2, 0.25) is 0 Å². The number of nitriles is 1. The van der Waals surface area contributed by atoms with E-state index in [1.807, 2.05) is 39.8 Å². The fourth-order valence-corrected chi connectivity index (χ4v) is 1.78. The molecule has 0 aliphatic heterocycles. The van der Waals surface area contributed by atoms with Gasteiger partial charge in [-0.1, -0.05) is 19.9 Å². The zero-order valence-corrected chi connectivity index (χ0v) is 11.5. The maximum Gasteiger partial charge on any atom is 0.252 e. The number of nitrogens with zero attached hydrogens (tertiary/aromatic N) is 1. The van der Waals surface area contributed by atoms with E-state index >= 15 is 0 Å². The van der Waals surface area contributed by atoms with Gasteiger partial charge < -0.3 is 5.32 Å². The molecule has 0 aliphatic rings. The fraction of sp³-hybridized carbons (Fsp3) is 0.467. The Morgan fingerprint density at radius 2 is 1.89 bits per heavy atom. The highest BCUT2D eigenvalue weighted by Gasteiger charge is 2.28. The van der Waals surface area contributed by atoms with Crippen LogP contribution in [0.5, 0.6) is 0 Å². The van der Waals surface area contributed by atoms with Gasteiger partial charge in [0.05, 0.1) is 6.07 Å². The smallest absolute Gasteiger partial charge is 0.252 e. The number of carbonyl (C=O) groups is 1. The summed E-state index contributed by atoms with van der Waals surface area (Å²) in [6.45, 7) is 7.80. The Balaban J connectivity index is 2.95. The van der Waals surface area contributed by atoms with E-state index in [4.69, 9.17) is 0 Å². The minimum Gasteiger partial charge on any atom is -0.334 e. The molecule has 0 aromatic heterocycles. The molecule has 0 saturated heterocycles. The van der Waals surface area contributed by atoms with Crippen LogP contribution in [0.4, 0.5) is 0 Å². The van der Waals surface area contributed by atoms with Gasteiger partial charge in [0.2, 0.25) is 0 Å². The maximum absolute atomic E-state index is 12.1. The summed E-state index contributed by atoms with van der Waals surface area (Å²) in [7, 11) is 0. The van der Waals surface area contributed by atoms with Gasteiger partial charge in [-0.15, -0.1) is 0 Å². The van der Waals surface area contributed by atoms with Crippen LogP contribution in [0, 0.1) is 25.2 Å². The van der Waals surface area contributed by atoms with E-state index in [-0.39, 0.29) is 5.91 Å². The lowest BCUT2D eigenvalue weighted by Gasteiger charge is -2.25. The Kier molecular flexibility index (Phi) is 4.49. The topological polar surface area (TPSA) is 52.9 Å². The molecule has 0 spiro atoms. The highest BCUT2D eigenvalue weighted by atomic mass is 16.1. The van der Waals surface area contributed by atoms with E-state index in [1.54, 1.807) is 6.07 Å². The molecule has 1 rings (SSSR count). The first-order valence-corrected chi connectivity index (χ1v) is 6.29. The second-order valence-corrected chi connectivity index (χ2v) is 4.65. The van der Waals surface area contributed by atoms with Crippen LogP contribution in [0.3, 0.4) is 0 Å². The summed E-state index contributed by atoms with van der Waals surface area (Å²) >= 11 is 0. The summed E-state index contributed by atoms with van der Waals surface area (Å²) in [5.74, 6) is -0.177. The molecular formula is C15H20N2O. The summed E-state index contributed by atoms with van der Waals surface area (Å²) in [5.41, 5.74) is 2.09. The van der Waals surface area contributed by atoms with Crippen LogP contribution in [-0.2, 0) is 0 Å². The van der Waals surface area contributed by atoms with Crippen LogP contribution < -0.4 is 5.32 Å². The van der Waals surface area contributed by atoms with Crippen molar-refractivity contribution in [2.75, 3.05) is 0 Å². The van der Waals surface area contributed by atoms with Gasteiger partial charge in [-0.05, 0) is 49.9 Å². The number of nitrogens with one attached hydrogen (secondary N) is 1. The Morgan fingerprint density at radius 1 is 1.28 bits per heavy atom. The van der Waals surface area contributed by atoms with Crippen molar-refractivity contribution < 1.29 is 4.79 Å². The molecule has 0 unspecified atom stereocenters. The fourth-order valence-electron chi connectivity index (χ4n) is 1.78. The molecule has 1 N–H and O–H groups in total. The van der Waals surface area contributed by atoms with Gasteiger partial charge in [-0.2, -0.15) is 5.26 Å². The summed E-state index contributed by atoms with van der Waals surface area (Å²) in [4.78, 5) is 12.1. The van der Waals surface area contributed by atoms with Crippen molar-refractivity contribution in [1.82, 2.24) is 5.32 Å². The van der Waals surface area contributed by atoms with Gasteiger partial charge in [-0.3, -0.25) is 4.79 Å². The average molecular weight is 244 g/mol. The predicted octanol–water partition coefficient (Wildman–Crippen LogP) is 3.12. The Bertz CT molecular complexity index is 482. The van der Waals surface area contributed by atoms with Crippen molar-refractivity contribution in [2.24, 2.45) is 0 Å². The van der Waals surface area contributed by atoms with Gasteiger partial charge in [-0.25, -0.2) is 0 Å². The first kappa shape index (κ1) is 14.2. The molecule has 0 radical (unpaired) electrons.